The van der Waals surface area contributed by atoms with Crippen molar-refractivity contribution in [2.45, 2.75) is 25.7 Å². The number of hydrogen-bond donors (Lipinski definition) is 0. The number of benzene rings is 1. The highest BCUT2D eigenvalue weighted by Crippen LogP contribution is 2.42. The van der Waals surface area contributed by atoms with E-state index in [1.165, 1.54) is 39.8 Å². The second-order valence-electron chi connectivity index (χ2n) is 7.94. The minimum Gasteiger partial charge on any atom is -0.352 e. The van der Waals surface area contributed by atoms with Gasteiger partial charge < -0.3 is 4.90 Å². The van der Waals surface area contributed by atoms with Crippen LogP contribution in [-0.2, 0) is 12.8 Å². The average molecular weight is 411 g/mol. The standard InChI is InChI=1S/C25H22N4S/c1-2-6-17(7-3-1)18-11-14-29(15-12-18)24-22-20-9-4-10-21(20)30-25(22)28-23(27-24)19-8-5-13-26-16-19/h1-3,5-8,11,13,16H,4,9-10,12,14-15H2. The van der Waals surface area contributed by atoms with Crippen molar-refractivity contribution >= 4 is 32.9 Å². The van der Waals surface area contributed by atoms with Crippen LogP contribution in [0.15, 0.2) is 60.9 Å². The van der Waals surface area contributed by atoms with Crippen molar-refractivity contribution in [3.8, 4) is 11.4 Å². The minimum atomic E-state index is 0.781. The molecule has 4 nitrogen and oxygen atoms in total. The van der Waals surface area contributed by atoms with Gasteiger partial charge in [-0.2, -0.15) is 0 Å². The van der Waals surface area contributed by atoms with Gasteiger partial charge in [0.15, 0.2) is 5.82 Å². The van der Waals surface area contributed by atoms with Crippen molar-refractivity contribution in [3.63, 3.8) is 0 Å². The molecule has 0 fully saturated rings. The molecule has 6 rings (SSSR count). The third kappa shape index (κ3) is 3.01. The summed E-state index contributed by atoms with van der Waals surface area (Å²) in [5.41, 5.74) is 5.23. The van der Waals surface area contributed by atoms with Crippen molar-refractivity contribution < 1.29 is 0 Å². The topological polar surface area (TPSA) is 41.9 Å². The lowest BCUT2D eigenvalue weighted by Gasteiger charge is -2.28. The van der Waals surface area contributed by atoms with Crippen LogP contribution in [0.4, 0.5) is 5.82 Å². The number of anilines is 1. The third-order valence-corrected chi connectivity index (χ3v) is 7.30. The molecular formula is C25H22N4S. The van der Waals surface area contributed by atoms with Crippen molar-refractivity contribution in [1.29, 1.82) is 0 Å². The van der Waals surface area contributed by atoms with Crippen molar-refractivity contribution in [2.24, 2.45) is 0 Å². The van der Waals surface area contributed by atoms with Gasteiger partial charge in [-0.25, -0.2) is 9.97 Å². The second-order valence-corrected chi connectivity index (χ2v) is 9.03. The van der Waals surface area contributed by atoms with Gasteiger partial charge in [-0.15, -0.1) is 11.3 Å². The number of aromatic nitrogens is 3. The first-order chi connectivity index (χ1) is 14.9. The van der Waals surface area contributed by atoms with Gasteiger partial charge in [0.05, 0.1) is 5.39 Å². The summed E-state index contributed by atoms with van der Waals surface area (Å²) in [4.78, 5) is 19.4. The van der Waals surface area contributed by atoms with Crippen LogP contribution in [0.5, 0.6) is 0 Å². The Kier molecular flexibility index (Phi) is 4.34. The van der Waals surface area contributed by atoms with E-state index in [0.717, 1.165) is 48.0 Å². The van der Waals surface area contributed by atoms with Gasteiger partial charge in [-0.3, -0.25) is 4.98 Å². The van der Waals surface area contributed by atoms with Crippen molar-refractivity contribution in [2.75, 3.05) is 18.0 Å². The van der Waals surface area contributed by atoms with Gasteiger partial charge in [0.25, 0.3) is 0 Å². The van der Waals surface area contributed by atoms with Crippen molar-refractivity contribution in [1.82, 2.24) is 15.0 Å². The minimum absolute atomic E-state index is 0.781. The fraction of sp³-hybridized carbons (Fsp3) is 0.240. The Bertz CT molecular complexity index is 1240. The molecule has 5 heteroatoms. The van der Waals surface area contributed by atoms with Gasteiger partial charge in [0, 0.05) is 35.9 Å². The monoisotopic (exact) mass is 410 g/mol. The van der Waals surface area contributed by atoms with E-state index >= 15 is 0 Å². The van der Waals surface area contributed by atoms with Crippen LogP contribution < -0.4 is 4.90 Å². The first-order valence-corrected chi connectivity index (χ1v) is 11.4. The van der Waals surface area contributed by atoms with Crippen LogP contribution in [0, 0.1) is 0 Å². The Morgan fingerprint density at radius 2 is 1.80 bits per heavy atom. The zero-order valence-electron chi connectivity index (χ0n) is 16.7. The molecule has 1 aliphatic heterocycles. The smallest absolute Gasteiger partial charge is 0.164 e. The highest BCUT2D eigenvalue weighted by Gasteiger charge is 2.26. The molecular weight excluding hydrogens is 388 g/mol. The molecule has 0 saturated carbocycles. The van der Waals surface area contributed by atoms with E-state index in [4.69, 9.17) is 9.97 Å². The van der Waals surface area contributed by atoms with Crippen LogP contribution in [-0.4, -0.2) is 28.0 Å². The summed E-state index contributed by atoms with van der Waals surface area (Å²) in [6.45, 7) is 1.86. The molecule has 0 N–H and O–H groups in total. The van der Waals surface area contributed by atoms with Crippen LogP contribution in [0.25, 0.3) is 27.2 Å². The molecule has 4 heterocycles. The Morgan fingerprint density at radius 3 is 2.60 bits per heavy atom. The molecule has 0 spiro atoms. The number of rotatable bonds is 3. The molecule has 0 bridgehead atoms. The molecule has 0 saturated heterocycles. The number of thiophene rings is 1. The Labute approximate surface area is 180 Å². The molecule has 3 aromatic heterocycles. The Morgan fingerprint density at radius 1 is 0.900 bits per heavy atom. The SMILES string of the molecule is C1=C(c2ccccc2)CCN(c2nc(-c3cccnc3)nc3sc4c(c23)CCC4)C1. The summed E-state index contributed by atoms with van der Waals surface area (Å²) >= 11 is 1.86. The molecule has 0 radical (unpaired) electrons. The van der Waals surface area contributed by atoms with Gasteiger partial charge in [0.1, 0.15) is 10.6 Å². The summed E-state index contributed by atoms with van der Waals surface area (Å²) in [6, 6.07) is 14.7. The van der Waals surface area contributed by atoms with Gasteiger partial charge >= 0.3 is 0 Å². The maximum atomic E-state index is 5.09. The molecule has 148 valence electrons. The average Bonchev–Trinajstić information content (AvgIpc) is 3.41. The van der Waals surface area contributed by atoms with E-state index in [1.54, 1.807) is 6.20 Å². The van der Waals surface area contributed by atoms with Crippen molar-refractivity contribution in [3.05, 3.63) is 76.9 Å². The summed E-state index contributed by atoms with van der Waals surface area (Å²) in [5, 5.41) is 1.29. The first kappa shape index (κ1) is 17.8. The maximum absolute atomic E-state index is 5.09. The number of fused-ring (bicyclic) bond motifs is 3. The van der Waals surface area contributed by atoms with Crippen LogP contribution in [0.1, 0.15) is 28.8 Å². The van der Waals surface area contributed by atoms with Crippen LogP contribution >= 0.6 is 11.3 Å². The molecule has 0 atom stereocenters. The normalized spacial score (nSPS) is 16.0. The van der Waals surface area contributed by atoms with E-state index in [0.29, 0.717) is 0 Å². The van der Waals surface area contributed by atoms with E-state index in [-0.39, 0.29) is 0 Å². The predicted molar refractivity (Wildman–Crippen MR) is 124 cm³/mol. The number of hydrogen-bond acceptors (Lipinski definition) is 5. The number of nitrogens with zero attached hydrogens (tertiary/aromatic N) is 4. The number of aryl methyl sites for hydroxylation is 2. The van der Waals surface area contributed by atoms with E-state index in [1.807, 2.05) is 29.7 Å². The zero-order chi connectivity index (χ0) is 19.9. The molecule has 0 unspecified atom stereocenters. The van der Waals surface area contributed by atoms with Gasteiger partial charge in [-0.05, 0) is 54.5 Å². The lowest BCUT2D eigenvalue weighted by atomic mass is 9.99. The van der Waals surface area contributed by atoms with E-state index in [2.05, 4.69) is 46.3 Å². The second kappa shape index (κ2) is 7.33. The quantitative estimate of drug-likeness (QED) is 0.445. The lowest BCUT2D eigenvalue weighted by molar-refractivity contribution is 0.819. The largest absolute Gasteiger partial charge is 0.352 e. The predicted octanol–water partition coefficient (Wildman–Crippen LogP) is 5.54. The molecule has 30 heavy (non-hydrogen) atoms. The lowest BCUT2D eigenvalue weighted by Crippen LogP contribution is -2.29. The number of pyridine rings is 1. The highest BCUT2D eigenvalue weighted by molar-refractivity contribution is 7.19. The fourth-order valence-electron chi connectivity index (χ4n) is 4.61. The van der Waals surface area contributed by atoms with Crippen LogP contribution in [0.3, 0.4) is 0 Å². The summed E-state index contributed by atoms with van der Waals surface area (Å²) in [7, 11) is 0. The first-order valence-electron chi connectivity index (χ1n) is 10.6. The zero-order valence-corrected chi connectivity index (χ0v) is 17.5. The molecule has 1 aliphatic carbocycles. The van der Waals surface area contributed by atoms with Gasteiger partial charge in [0.2, 0.25) is 0 Å². The molecule has 0 amide bonds. The summed E-state index contributed by atoms with van der Waals surface area (Å²) < 4.78 is 0. The molecule has 2 aliphatic rings. The third-order valence-electron chi connectivity index (χ3n) is 6.12. The van der Waals surface area contributed by atoms with E-state index in [9.17, 15) is 0 Å². The summed E-state index contributed by atoms with van der Waals surface area (Å²) in [6.07, 6.45) is 10.6. The Balaban J connectivity index is 1.45. The molecule has 1 aromatic carbocycles. The molecule has 4 aromatic rings. The Hall–Kier alpha value is -3.05. The van der Waals surface area contributed by atoms with Gasteiger partial charge in [-0.1, -0.05) is 36.4 Å². The van der Waals surface area contributed by atoms with E-state index < -0.39 is 0 Å². The highest BCUT2D eigenvalue weighted by atomic mass is 32.1. The van der Waals surface area contributed by atoms with Crippen LogP contribution in [0.2, 0.25) is 0 Å². The maximum Gasteiger partial charge on any atom is 0.164 e. The summed E-state index contributed by atoms with van der Waals surface area (Å²) in [5.74, 6) is 1.88. The fourth-order valence-corrected chi connectivity index (χ4v) is 5.86.